The lowest BCUT2D eigenvalue weighted by Gasteiger charge is -2.30. The van der Waals surface area contributed by atoms with Crippen molar-refractivity contribution >= 4 is 17.5 Å². The Morgan fingerprint density at radius 2 is 2.05 bits per heavy atom. The van der Waals surface area contributed by atoms with Gasteiger partial charge in [0.05, 0.1) is 23.6 Å². The highest BCUT2D eigenvalue weighted by Crippen LogP contribution is 2.33. The molecule has 2 aliphatic rings. The summed E-state index contributed by atoms with van der Waals surface area (Å²) in [4.78, 5) is 14.6. The van der Waals surface area contributed by atoms with Crippen molar-refractivity contribution < 1.29 is 9.53 Å². The zero-order valence-corrected chi connectivity index (χ0v) is 13.3. The molecule has 2 heterocycles. The van der Waals surface area contributed by atoms with Crippen LogP contribution in [0.25, 0.3) is 0 Å². The van der Waals surface area contributed by atoms with E-state index in [9.17, 15) is 4.79 Å². The standard InChI is InChI=1S/C15H27ClN2O2/c1-3-5-10(6-4-2)13(17)15(19)18-9-11(16)14-12(18)7-8-20-14/h10-14H,3-9,17H2,1-2H3. The van der Waals surface area contributed by atoms with Gasteiger partial charge in [0.15, 0.2) is 0 Å². The fourth-order valence-electron chi connectivity index (χ4n) is 3.60. The third-order valence-electron chi connectivity index (χ3n) is 4.63. The number of carbonyl (C=O) groups is 1. The van der Waals surface area contributed by atoms with Gasteiger partial charge in [0, 0.05) is 13.2 Å². The van der Waals surface area contributed by atoms with E-state index in [-0.39, 0.29) is 29.3 Å². The van der Waals surface area contributed by atoms with E-state index in [1.165, 1.54) is 0 Å². The summed E-state index contributed by atoms with van der Waals surface area (Å²) in [5.74, 6) is 0.355. The summed E-state index contributed by atoms with van der Waals surface area (Å²) in [6.45, 7) is 5.57. The number of rotatable bonds is 6. The number of carbonyl (C=O) groups excluding carboxylic acids is 1. The first kappa shape index (κ1) is 16.1. The second-order valence-corrected chi connectivity index (χ2v) is 6.62. The van der Waals surface area contributed by atoms with Gasteiger partial charge in [-0.2, -0.15) is 0 Å². The van der Waals surface area contributed by atoms with Crippen LogP contribution < -0.4 is 5.73 Å². The summed E-state index contributed by atoms with van der Waals surface area (Å²) < 4.78 is 5.64. The Hall–Kier alpha value is -0.320. The number of fused-ring (bicyclic) bond motifs is 1. The Kier molecular flexibility index (Phi) is 5.70. The van der Waals surface area contributed by atoms with E-state index in [4.69, 9.17) is 22.1 Å². The minimum absolute atomic E-state index is 0.00335. The molecule has 2 rings (SSSR count). The van der Waals surface area contributed by atoms with Gasteiger partial charge in [-0.15, -0.1) is 11.6 Å². The third kappa shape index (κ3) is 3.12. The third-order valence-corrected chi connectivity index (χ3v) is 5.01. The summed E-state index contributed by atoms with van der Waals surface area (Å²) in [6, 6.07) is -0.252. The molecule has 1 amide bonds. The van der Waals surface area contributed by atoms with E-state index in [2.05, 4.69) is 13.8 Å². The summed E-state index contributed by atoms with van der Waals surface area (Å²) in [5.41, 5.74) is 6.27. The van der Waals surface area contributed by atoms with E-state index >= 15 is 0 Å². The first-order valence-electron chi connectivity index (χ1n) is 7.91. The lowest BCUT2D eigenvalue weighted by Crippen LogP contribution is -2.50. The normalized spacial score (nSPS) is 30.9. The molecule has 5 heteroatoms. The molecule has 0 aromatic carbocycles. The lowest BCUT2D eigenvalue weighted by molar-refractivity contribution is -0.135. The number of hydrogen-bond acceptors (Lipinski definition) is 3. The van der Waals surface area contributed by atoms with Crippen molar-refractivity contribution in [1.29, 1.82) is 0 Å². The van der Waals surface area contributed by atoms with Crippen LogP contribution in [0.4, 0.5) is 0 Å². The number of nitrogens with two attached hydrogens (primary N) is 1. The number of ether oxygens (including phenoxy) is 1. The number of amides is 1. The predicted octanol–water partition coefficient (Wildman–Crippen LogP) is 2.14. The van der Waals surface area contributed by atoms with Crippen LogP contribution in [-0.2, 0) is 9.53 Å². The molecule has 20 heavy (non-hydrogen) atoms. The Morgan fingerprint density at radius 3 is 2.65 bits per heavy atom. The number of hydrogen-bond donors (Lipinski definition) is 1. The van der Waals surface area contributed by atoms with E-state index in [1.807, 2.05) is 4.90 Å². The van der Waals surface area contributed by atoms with Crippen LogP contribution in [-0.4, -0.2) is 47.5 Å². The highest BCUT2D eigenvalue weighted by atomic mass is 35.5. The van der Waals surface area contributed by atoms with Crippen LogP contribution >= 0.6 is 11.6 Å². The minimum atomic E-state index is -0.391. The molecule has 2 fully saturated rings. The van der Waals surface area contributed by atoms with E-state index in [0.717, 1.165) is 32.1 Å². The minimum Gasteiger partial charge on any atom is -0.374 e. The topological polar surface area (TPSA) is 55.6 Å². The van der Waals surface area contributed by atoms with Crippen LogP contribution in [0.1, 0.15) is 46.0 Å². The molecular weight excluding hydrogens is 276 g/mol. The SMILES string of the molecule is CCCC(CCC)C(N)C(=O)N1CC(Cl)C2OCCC21. The van der Waals surface area contributed by atoms with Crippen LogP contribution in [0.3, 0.4) is 0 Å². The average Bonchev–Trinajstić information content (AvgIpc) is 3.01. The van der Waals surface area contributed by atoms with Gasteiger partial charge in [0.2, 0.25) is 5.91 Å². The van der Waals surface area contributed by atoms with Crippen LogP contribution in [0.5, 0.6) is 0 Å². The van der Waals surface area contributed by atoms with Crippen molar-refractivity contribution in [2.24, 2.45) is 11.7 Å². The smallest absolute Gasteiger partial charge is 0.240 e. The second kappa shape index (κ2) is 7.10. The van der Waals surface area contributed by atoms with Gasteiger partial charge >= 0.3 is 0 Å². The first-order valence-corrected chi connectivity index (χ1v) is 8.35. The largest absolute Gasteiger partial charge is 0.374 e. The van der Waals surface area contributed by atoms with Gasteiger partial charge < -0.3 is 15.4 Å². The number of nitrogens with zero attached hydrogens (tertiary/aromatic N) is 1. The fraction of sp³-hybridized carbons (Fsp3) is 0.933. The lowest BCUT2D eigenvalue weighted by atomic mass is 9.90. The molecule has 2 saturated heterocycles. The molecule has 4 atom stereocenters. The Balaban J connectivity index is 2.02. The van der Waals surface area contributed by atoms with Crippen molar-refractivity contribution in [3.63, 3.8) is 0 Å². The molecule has 0 radical (unpaired) electrons. The van der Waals surface area contributed by atoms with Crippen molar-refractivity contribution in [3.05, 3.63) is 0 Å². The molecule has 116 valence electrons. The van der Waals surface area contributed by atoms with Gasteiger partial charge in [0.25, 0.3) is 0 Å². The second-order valence-electron chi connectivity index (χ2n) is 6.06. The number of halogens is 1. The monoisotopic (exact) mass is 302 g/mol. The molecule has 2 N–H and O–H groups in total. The van der Waals surface area contributed by atoms with Crippen LogP contribution in [0.2, 0.25) is 0 Å². The molecule has 0 saturated carbocycles. The van der Waals surface area contributed by atoms with Gasteiger partial charge in [-0.25, -0.2) is 0 Å². The summed E-state index contributed by atoms with van der Waals surface area (Å²) in [7, 11) is 0. The maximum absolute atomic E-state index is 12.7. The number of alkyl halides is 1. The molecule has 0 aromatic rings. The molecular formula is C15H27ClN2O2. The zero-order chi connectivity index (χ0) is 14.7. The summed E-state index contributed by atoms with van der Waals surface area (Å²) >= 11 is 6.30. The van der Waals surface area contributed by atoms with Crippen molar-refractivity contribution in [2.45, 2.75) is 69.5 Å². The van der Waals surface area contributed by atoms with Crippen LogP contribution in [0, 0.1) is 5.92 Å². The maximum atomic E-state index is 12.7. The van der Waals surface area contributed by atoms with Gasteiger partial charge in [-0.3, -0.25) is 4.79 Å². The van der Waals surface area contributed by atoms with Gasteiger partial charge in [-0.05, 0) is 25.2 Å². The van der Waals surface area contributed by atoms with Gasteiger partial charge in [-0.1, -0.05) is 26.7 Å². The highest BCUT2D eigenvalue weighted by Gasteiger charge is 2.48. The Labute approximate surface area is 127 Å². The number of likely N-dealkylation sites (tertiary alicyclic amines) is 1. The first-order chi connectivity index (χ1) is 9.60. The molecule has 2 aliphatic heterocycles. The fourth-order valence-corrected chi connectivity index (χ4v) is 3.99. The van der Waals surface area contributed by atoms with E-state index < -0.39 is 6.04 Å². The quantitative estimate of drug-likeness (QED) is 0.765. The molecule has 4 unspecified atom stereocenters. The van der Waals surface area contributed by atoms with Crippen molar-refractivity contribution in [3.8, 4) is 0 Å². The van der Waals surface area contributed by atoms with Crippen LogP contribution in [0.15, 0.2) is 0 Å². The van der Waals surface area contributed by atoms with Gasteiger partial charge in [0.1, 0.15) is 0 Å². The van der Waals surface area contributed by atoms with E-state index in [1.54, 1.807) is 0 Å². The Morgan fingerprint density at radius 1 is 1.40 bits per heavy atom. The Bertz CT molecular complexity index is 334. The average molecular weight is 303 g/mol. The zero-order valence-electron chi connectivity index (χ0n) is 12.6. The van der Waals surface area contributed by atoms with E-state index in [0.29, 0.717) is 13.2 Å². The maximum Gasteiger partial charge on any atom is 0.240 e. The molecule has 0 bridgehead atoms. The summed E-state index contributed by atoms with van der Waals surface area (Å²) in [6.07, 6.45) is 5.06. The highest BCUT2D eigenvalue weighted by molar-refractivity contribution is 6.21. The van der Waals surface area contributed by atoms with Crippen molar-refractivity contribution in [1.82, 2.24) is 4.90 Å². The molecule has 0 aliphatic carbocycles. The summed E-state index contributed by atoms with van der Waals surface area (Å²) in [5, 5.41) is -0.0885. The molecule has 0 spiro atoms. The molecule has 4 nitrogen and oxygen atoms in total. The predicted molar refractivity (Wildman–Crippen MR) is 80.8 cm³/mol. The van der Waals surface area contributed by atoms with Crippen molar-refractivity contribution in [2.75, 3.05) is 13.2 Å². The molecule has 0 aromatic heterocycles.